The van der Waals surface area contributed by atoms with Gasteiger partial charge in [0.25, 0.3) is 5.56 Å². The Morgan fingerprint density at radius 2 is 1.80 bits per heavy atom. The van der Waals surface area contributed by atoms with E-state index in [1.165, 1.54) is 22.7 Å². The summed E-state index contributed by atoms with van der Waals surface area (Å²) in [6.45, 7) is 3.57. The average molecular weight is 479 g/mol. The summed E-state index contributed by atoms with van der Waals surface area (Å²) >= 11 is 0. The molecule has 0 fully saturated rings. The molecule has 2 aromatic heterocycles. The lowest BCUT2D eigenvalue weighted by molar-refractivity contribution is -0.116. The highest BCUT2D eigenvalue weighted by Crippen LogP contribution is 2.32. The van der Waals surface area contributed by atoms with Crippen LogP contribution in [-0.2, 0) is 18.3 Å². The SMILES string of the molecule is COc1ccc(-c2cc3n(C)c(C)c(CCC(=O)Nc4ccc(F)cc4C)c(=O)n3n2)cc1OC. The van der Waals surface area contributed by atoms with Gasteiger partial charge in [-0.05, 0) is 62.2 Å². The lowest BCUT2D eigenvalue weighted by Gasteiger charge is -2.12. The Balaban J connectivity index is 1.62. The fraction of sp³-hybridized carbons (Fsp3) is 0.269. The van der Waals surface area contributed by atoms with E-state index in [1.54, 1.807) is 33.3 Å². The van der Waals surface area contributed by atoms with Crippen LogP contribution in [0.15, 0.2) is 47.3 Å². The first-order valence-electron chi connectivity index (χ1n) is 11.1. The molecule has 0 aliphatic carbocycles. The molecule has 1 N–H and O–H groups in total. The molecule has 35 heavy (non-hydrogen) atoms. The van der Waals surface area contributed by atoms with E-state index >= 15 is 0 Å². The maximum absolute atomic E-state index is 13.3. The number of benzene rings is 2. The summed E-state index contributed by atoms with van der Waals surface area (Å²) in [5.74, 6) is 0.544. The van der Waals surface area contributed by atoms with Gasteiger partial charge in [0.1, 0.15) is 11.5 Å². The van der Waals surface area contributed by atoms with Crippen molar-refractivity contribution in [1.29, 1.82) is 0 Å². The van der Waals surface area contributed by atoms with E-state index in [0.29, 0.717) is 39.7 Å². The van der Waals surface area contributed by atoms with Crippen LogP contribution in [0.25, 0.3) is 16.9 Å². The number of nitrogens with zero attached hydrogens (tertiary/aromatic N) is 3. The van der Waals surface area contributed by atoms with E-state index < -0.39 is 0 Å². The van der Waals surface area contributed by atoms with E-state index in [4.69, 9.17) is 9.47 Å². The predicted molar refractivity (Wildman–Crippen MR) is 132 cm³/mol. The van der Waals surface area contributed by atoms with Crippen LogP contribution in [0.4, 0.5) is 10.1 Å². The quantitative estimate of drug-likeness (QED) is 0.433. The third-order valence-electron chi connectivity index (χ3n) is 6.17. The number of hydrogen-bond donors (Lipinski definition) is 1. The molecule has 182 valence electrons. The van der Waals surface area contributed by atoms with Gasteiger partial charge in [-0.2, -0.15) is 9.61 Å². The van der Waals surface area contributed by atoms with Crippen molar-refractivity contribution in [3.05, 3.63) is 75.5 Å². The number of rotatable bonds is 7. The summed E-state index contributed by atoms with van der Waals surface area (Å²) < 4.78 is 27.2. The number of ether oxygens (including phenoxy) is 2. The van der Waals surface area contributed by atoms with Crippen molar-refractivity contribution in [2.24, 2.45) is 7.05 Å². The average Bonchev–Trinajstić information content (AvgIpc) is 3.30. The number of fused-ring (bicyclic) bond motifs is 1. The molecule has 0 spiro atoms. The highest BCUT2D eigenvalue weighted by atomic mass is 19.1. The summed E-state index contributed by atoms with van der Waals surface area (Å²) in [4.78, 5) is 25.8. The topological polar surface area (TPSA) is 86.9 Å². The van der Waals surface area contributed by atoms with Crippen LogP contribution in [0, 0.1) is 19.7 Å². The minimum Gasteiger partial charge on any atom is -0.493 e. The van der Waals surface area contributed by atoms with Crippen LogP contribution in [0.3, 0.4) is 0 Å². The van der Waals surface area contributed by atoms with Crippen LogP contribution >= 0.6 is 0 Å². The van der Waals surface area contributed by atoms with Crippen molar-refractivity contribution in [2.75, 3.05) is 19.5 Å². The molecule has 0 bridgehead atoms. The number of carbonyl (C=O) groups excluding carboxylic acids is 1. The highest BCUT2D eigenvalue weighted by Gasteiger charge is 2.18. The molecule has 4 aromatic rings. The molecule has 2 heterocycles. The van der Waals surface area contributed by atoms with Crippen LogP contribution in [-0.4, -0.2) is 34.3 Å². The van der Waals surface area contributed by atoms with E-state index in [2.05, 4.69) is 10.4 Å². The fourth-order valence-electron chi connectivity index (χ4n) is 4.06. The van der Waals surface area contributed by atoms with Gasteiger partial charge < -0.3 is 19.4 Å². The molecule has 0 saturated heterocycles. The number of halogens is 1. The van der Waals surface area contributed by atoms with Gasteiger partial charge in [0.05, 0.1) is 19.9 Å². The maximum atomic E-state index is 13.3. The lowest BCUT2D eigenvalue weighted by atomic mass is 10.1. The van der Waals surface area contributed by atoms with Crippen LogP contribution < -0.4 is 20.3 Å². The number of amides is 1. The van der Waals surface area contributed by atoms with Crippen LogP contribution in [0.1, 0.15) is 23.2 Å². The summed E-state index contributed by atoms with van der Waals surface area (Å²) in [5.41, 5.74) is 4.19. The van der Waals surface area contributed by atoms with Crippen molar-refractivity contribution in [2.45, 2.75) is 26.7 Å². The molecule has 0 unspecified atom stereocenters. The minimum atomic E-state index is -0.361. The van der Waals surface area contributed by atoms with E-state index in [9.17, 15) is 14.0 Å². The van der Waals surface area contributed by atoms with Gasteiger partial charge in [-0.3, -0.25) is 9.59 Å². The number of hydrogen-bond acceptors (Lipinski definition) is 5. The molecule has 9 heteroatoms. The van der Waals surface area contributed by atoms with Crippen molar-refractivity contribution in [3.8, 4) is 22.8 Å². The molecule has 0 radical (unpaired) electrons. The normalized spacial score (nSPS) is 11.0. The zero-order valence-electron chi connectivity index (χ0n) is 20.3. The second kappa shape index (κ2) is 9.61. The molecule has 0 atom stereocenters. The van der Waals surface area contributed by atoms with Gasteiger partial charge in [-0.15, -0.1) is 0 Å². The fourth-order valence-corrected chi connectivity index (χ4v) is 4.06. The second-order valence-electron chi connectivity index (χ2n) is 8.30. The number of anilines is 1. The second-order valence-corrected chi connectivity index (χ2v) is 8.30. The van der Waals surface area contributed by atoms with Gasteiger partial charge in [0.15, 0.2) is 11.5 Å². The Morgan fingerprint density at radius 3 is 2.49 bits per heavy atom. The lowest BCUT2D eigenvalue weighted by Crippen LogP contribution is -2.26. The predicted octanol–water partition coefficient (Wildman–Crippen LogP) is 4.04. The van der Waals surface area contributed by atoms with Crippen molar-refractivity contribution in [3.63, 3.8) is 0 Å². The summed E-state index contributed by atoms with van der Waals surface area (Å²) in [7, 11) is 4.98. The summed E-state index contributed by atoms with van der Waals surface area (Å²) in [5, 5.41) is 7.33. The first-order valence-corrected chi connectivity index (χ1v) is 11.1. The van der Waals surface area contributed by atoms with Gasteiger partial charge in [-0.25, -0.2) is 4.39 Å². The Bertz CT molecular complexity index is 1490. The smallest absolute Gasteiger partial charge is 0.277 e. The van der Waals surface area contributed by atoms with Gasteiger partial charge >= 0.3 is 0 Å². The molecule has 8 nitrogen and oxygen atoms in total. The Morgan fingerprint density at radius 1 is 1.06 bits per heavy atom. The van der Waals surface area contributed by atoms with Crippen LogP contribution in [0.2, 0.25) is 0 Å². The molecular weight excluding hydrogens is 451 g/mol. The minimum absolute atomic E-state index is 0.0994. The first kappa shape index (κ1) is 24.0. The Kier molecular flexibility index (Phi) is 6.59. The van der Waals surface area contributed by atoms with Crippen molar-refractivity contribution >= 4 is 17.2 Å². The zero-order chi connectivity index (χ0) is 25.3. The van der Waals surface area contributed by atoms with Gasteiger partial charge in [0.2, 0.25) is 5.91 Å². The largest absolute Gasteiger partial charge is 0.493 e. The third kappa shape index (κ3) is 4.62. The van der Waals surface area contributed by atoms with E-state index in [0.717, 1.165) is 11.3 Å². The van der Waals surface area contributed by atoms with E-state index in [1.807, 2.05) is 30.7 Å². The number of methoxy groups -OCH3 is 2. The number of nitrogens with one attached hydrogen (secondary N) is 1. The van der Waals surface area contributed by atoms with E-state index in [-0.39, 0.29) is 30.1 Å². The first-order chi connectivity index (χ1) is 16.7. The molecule has 0 aliphatic rings. The molecule has 2 aromatic carbocycles. The standard InChI is InChI=1S/C26H27FN4O4/c1-15-12-18(27)7-9-20(15)28-24(32)11-8-19-16(2)30(3)25-14-21(29-31(25)26(19)33)17-6-10-22(34-4)23(13-17)35-5/h6-7,9-10,12-14H,8,11H2,1-5H3,(H,28,32). The highest BCUT2D eigenvalue weighted by molar-refractivity contribution is 5.91. The summed E-state index contributed by atoms with van der Waals surface area (Å²) in [6, 6.07) is 11.5. The molecule has 1 amide bonds. The third-order valence-corrected chi connectivity index (χ3v) is 6.17. The number of carbonyl (C=O) groups is 1. The van der Waals surface area contributed by atoms with Gasteiger partial charge in [0, 0.05) is 42.0 Å². The number of aromatic nitrogens is 3. The molecule has 4 rings (SSSR count). The Hall–Kier alpha value is -4.14. The molecular formula is C26H27FN4O4. The zero-order valence-corrected chi connectivity index (χ0v) is 20.3. The maximum Gasteiger partial charge on any atom is 0.277 e. The van der Waals surface area contributed by atoms with Crippen molar-refractivity contribution < 1.29 is 18.7 Å². The van der Waals surface area contributed by atoms with Gasteiger partial charge in [-0.1, -0.05) is 0 Å². The number of aryl methyl sites for hydroxylation is 2. The molecule has 0 aliphatic heterocycles. The Labute approximate surface area is 201 Å². The molecule has 0 saturated carbocycles. The monoisotopic (exact) mass is 478 g/mol. The van der Waals surface area contributed by atoms with Crippen LogP contribution in [0.5, 0.6) is 11.5 Å². The summed E-state index contributed by atoms with van der Waals surface area (Å²) in [6.07, 6.45) is 0.342. The van der Waals surface area contributed by atoms with Crippen molar-refractivity contribution in [1.82, 2.24) is 14.2 Å².